The van der Waals surface area contributed by atoms with E-state index in [2.05, 4.69) is 4.90 Å². The van der Waals surface area contributed by atoms with Gasteiger partial charge in [-0.05, 0) is 36.1 Å². The fourth-order valence-corrected chi connectivity index (χ4v) is 4.09. The van der Waals surface area contributed by atoms with E-state index in [9.17, 15) is 13.5 Å². The van der Waals surface area contributed by atoms with Gasteiger partial charge >= 0.3 is 0 Å². The third-order valence-electron chi connectivity index (χ3n) is 3.58. The molecule has 0 saturated carbocycles. The fraction of sp³-hybridized carbons (Fsp3) is 0.385. The first-order valence-corrected chi connectivity index (χ1v) is 7.53. The van der Waals surface area contributed by atoms with Crippen LogP contribution in [0.2, 0.25) is 0 Å². The summed E-state index contributed by atoms with van der Waals surface area (Å²) in [6.45, 7) is 0.986. The van der Waals surface area contributed by atoms with Crippen molar-refractivity contribution in [1.29, 1.82) is 0 Å². The summed E-state index contributed by atoms with van der Waals surface area (Å²) in [5.41, 5.74) is 2.87. The predicted octanol–water partition coefficient (Wildman–Crippen LogP) is 1.80. The van der Waals surface area contributed by atoms with E-state index in [1.807, 2.05) is 13.1 Å². The molecule has 0 saturated heterocycles. The van der Waals surface area contributed by atoms with Gasteiger partial charge in [0.2, 0.25) is 9.84 Å². The lowest BCUT2D eigenvalue weighted by Crippen LogP contribution is -2.25. The van der Waals surface area contributed by atoms with Crippen LogP contribution in [0.25, 0.3) is 0 Å². The van der Waals surface area contributed by atoms with Crippen molar-refractivity contribution in [2.45, 2.75) is 24.2 Å². The Hall–Kier alpha value is -1.49. The molecule has 0 aliphatic carbocycles. The minimum atomic E-state index is -3.47. The molecule has 0 unspecified atom stereocenters. The minimum absolute atomic E-state index is 0.0825. The zero-order valence-electron chi connectivity index (χ0n) is 10.2. The Balaban J connectivity index is 2.23. The zero-order chi connectivity index (χ0) is 12.9. The molecule has 2 heterocycles. The molecule has 18 heavy (non-hydrogen) atoms. The van der Waals surface area contributed by atoms with Gasteiger partial charge in [-0.2, -0.15) is 0 Å². The predicted molar refractivity (Wildman–Crippen MR) is 69.6 cm³/mol. The molecule has 4 nitrogen and oxygen atoms in total. The number of nitrogens with zero attached hydrogens (tertiary/aromatic N) is 1. The van der Waals surface area contributed by atoms with Gasteiger partial charge in [0.25, 0.3) is 0 Å². The second-order valence-electron chi connectivity index (χ2n) is 4.94. The molecule has 2 aliphatic heterocycles. The van der Waals surface area contributed by atoms with Crippen LogP contribution in [0.5, 0.6) is 0 Å². The molecule has 96 valence electrons. The Kier molecular flexibility index (Phi) is 2.41. The highest BCUT2D eigenvalue weighted by atomic mass is 32.2. The van der Waals surface area contributed by atoms with Crippen LogP contribution in [0.3, 0.4) is 0 Å². The van der Waals surface area contributed by atoms with Crippen LogP contribution >= 0.6 is 0 Å². The summed E-state index contributed by atoms with van der Waals surface area (Å²) in [5.74, 6) is -0.0825. The van der Waals surface area contributed by atoms with Crippen molar-refractivity contribution in [3.63, 3.8) is 0 Å². The number of sulfone groups is 1. The lowest BCUT2D eigenvalue weighted by Gasteiger charge is -2.29. The Morgan fingerprint density at radius 2 is 2.06 bits per heavy atom. The normalized spacial score (nSPS) is 20.9. The summed E-state index contributed by atoms with van der Waals surface area (Å²) in [6.07, 6.45) is 2.26. The van der Waals surface area contributed by atoms with Crippen molar-refractivity contribution >= 4 is 15.5 Å². The number of anilines is 1. The lowest BCUT2D eigenvalue weighted by molar-refractivity contribution is 0.397. The Morgan fingerprint density at radius 3 is 2.83 bits per heavy atom. The first-order chi connectivity index (χ1) is 8.47. The SMILES string of the molecule is CN1CCCc2cc3c(cc21)CC(O)=CS3(=O)=O. The number of benzene rings is 1. The number of hydrogen-bond donors (Lipinski definition) is 1. The molecule has 0 atom stereocenters. The highest BCUT2D eigenvalue weighted by molar-refractivity contribution is 7.94. The molecule has 5 heteroatoms. The van der Waals surface area contributed by atoms with Gasteiger partial charge < -0.3 is 10.0 Å². The van der Waals surface area contributed by atoms with E-state index in [1.54, 1.807) is 6.07 Å². The first kappa shape index (κ1) is 11.6. The highest BCUT2D eigenvalue weighted by Gasteiger charge is 2.26. The van der Waals surface area contributed by atoms with Crippen LogP contribution < -0.4 is 4.90 Å². The van der Waals surface area contributed by atoms with Gasteiger partial charge in [0, 0.05) is 25.7 Å². The zero-order valence-corrected chi connectivity index (χ0v) is 11.0. The summed E-state index contributed by atoms with van der Waals surface area (Å²) in [4.78, 5) is 2.50. The van der Waals surface area contributed by atoms with Gasteiger partial charge in [-0.3, -0.25) is 0 Å². The Bertz CT molecular complexity index is 646. The maximum Gasteiger partial charge on any atom is 0.203 e. The minimum Gasteiger partial charge on any atom is -0.511 e. The number of aryl methyl sites for hydroxylation is 1. The molecular formula is C13H15NO3S. The largest absolute Gasteiger partial charge is 0.511 e. The highest BCUT2D eigenvalue weighted by Crippen LogP contribution is 2.35. The lowest BCUT2D eigenvalue weighted by atomic mass is 9.98. The van der Waals surface area contributed by atoms with E-state index in [1.165, 1.54) is 0 Å². The van der Waals surface area contributed by atoms with Gasteiger partial charge in [-0.25, -0.2) is 8.42 Å². The summed E-state index contributed by atoms with van der Waals surface area (Å²) in [5, 5.41) is 10.5. The molecule has 0 amide bonds. The van der Waals surface area contributed by atoms with E-state index in [0.29, 0.717) is 16.9 Å². The summed E-state index contributed by atoms with van der Waals surface area (Å²) in [7, 11) is -1.46. The van der Waals surface area contributed by atoms with Gasteiger partial charge in [0.1, 0.15) is 5.76 Å². The molecule has 0 bridgehead atoms. The van der Waals surface area contributed by atoms with Crippen molar-refractivity contribution in [2.24, 2.45) is 0 Å². The maximum atomic E-state index is 12.0. The van der Waals surface area contributed by atoms with Crippen molar-refractivity contribution in [1.82, 2.24) is 0 Å². The third kappa shape index (κ3) is 1.70. The van der Waals surface area contributed by atoms with E-state index in [0.717, 1.165) is 36.0 Å². The van der Waals surface area contributed by atoms with E-state index < -0.39 is 9.84 Å². The molecule has 0 fully saturated rings. The van der Waals surface area contributed by atoms with Gasteiger partial charge in [-0.1, -0.05) is 0 Å². The van der Waals surface area contributed by atoms with Crippen LogP contribution in [-0.2, 0) is 22.7 Å². The smallest absolute Gasteiger partial charge is 0.203 e. The van der Waals surface area contributed by atoms with Crippen molar-refractivity contribution < 1.29 is 13.5 Å². The number of aliphatic hydroxyl groups excluding tert-OH is 1. The standard InChI is InChI=1S/C13H15NO3S/c1-14-4-2-3-9-7-13-10(6-12(9)14)5-11(15)8-18(13,16)17/h6-8,15H,2-5H2,1H3. The molecule has 1 N–H and O–H groups in total. The summed E-state index contributed by atoms with van der Waals surface area (Å²) < 4.78 is 24.0. The van der Waals surface area contributed by atoms with Crippen LogP contribution in [-0.4, -0.2) is 27.1 Å². The van der Waals surface area contributed by atoms with Gasteiger partial charge in [-0.15, -0.1) is 0 Å². The number of aliphatic hydroxyl groups is 1. The van der Waals surface area contributed by atoms with Gasteiger partial charge in [0.15, 0.2) is 0 Å². The number of fused-ring (bicyclic) bond motifs is 2. The summed E-state index contributed by atoms with van der Waals surface area (Å²) >= 11 is 0. The van der Waals surface area contributed by atoms with Gasteiger partial charge in [0.05, 0.1) is 10.3 Å². The van der Waals surface area contributed by atoms with Crippen LogP contribution in [0, 0.1) is 0 Å². The van der Waals surface area contributed by atoms with E-state index >= 15 is 0 Å². The molecule has 0 radical (unpaired) electrons. The molecule has 1 aromatic carbocycles. The third-order valence-corrected chi connectivity index (χ3v) is 5.16. The second-order valence-corrected chi connectivity index (χ2v) is 6.71. The van der Waals surface area contributed by atoms with E-state index in [4.69, 9.17) is 0 Å². The maximum absolute atomic E-state index is 12.0. The quantitative estimate of drug-likeness (QED) is 0.777. The number of hydrogen-bond acceptors (Lipinski definition) is 4. The summed E-state index contributed by atoms with van der Waals surface area (Å²) in [6, 6.07) is 3.68. The number of allylic oxidation sites excluding steroid dienone is 1. The monoisotopic (exact) mass is 265 g/mol. The van der Waals surface area contributed by atoms with Crippen molar-refractivity contribution in [3.05, 3.63) is 34.4 Å². The van der Waals surface area contributed by atoms with Crippen LogP contribution in [0.1, 0.15) is 17.5 Å². The van der Waals surface area contributed by atoms with E-state index in [-0.39, 0.29) is 5.76 Å². The Labute approximate surface area is 106 Å². The molecule has 1 aromatic rings. The van der Waals surface area contributed by atoms with Crippen molar-refractivity contribution in [3.8, 4) is 0 Å². The van der Waals surface area contributed by atoms with Crippen LogP contribution in [0.4, 0.5) is 5.69 Å². The fourth-order valence-electron chi connectivity index (χ4n) is 2.72. The Morgan fingerprint density at radius 1 is 1.28 bits per heavy atom. The molecule has 3 rings (SSSR count). The molecular weight excluding hydrogens is 250 g/mol. The molecule has 0 aromatic heterocycles. The second kappa shape index (κ2) is 3.75. The molecule has 2 aliphatic rings. The van der Waals surface area contributed by atoms with Crippen molar-refractivity contribution in [2.75, 3.05) is 18.5 Å². The average molecular weight is 265 g/mol. The van der Waals surface area contributed by atoms with Crippen LogP contribution in [0.15, 0.2) is 28.2 Å². The number of rotatable bonds is 0. The average Bonchev–Trinajstić information content (AvgIpc) is 2.27. The first-order valence-electron chi connectivity index (χ1n) is 5.99. The topological polar surface area (TPSA) is 57.6 Å². The molecule has 0 spiro atoms.